The summed E-state index contributed by atoms with van der Waals surface area (Å²) in [4.78, 5) is 29.4. The van der Waals surface area contributed by atoms with Gasteiger partial charge in [0.15, 0.2) is 0 Å². The summed E-state index contributed by atoms with van der Waals surface area (Å²) in [6.07, 6.45) is 5.81. The topological polar surface area (TPSA) is 108 Å². The van der Waals surface area contributed by atoms with E-state index in [9.17, 15) is 18.0 Å². The minimum atomic E-state index is -3.69. The van der Waals surface area contributed by atoms with Gasteiger partial charge in [-0.3, -0.25) is 14.6 Å². The Balaban J connectivity index is 1.49. The van der Waals surface area contributed by atoms with Crippen molar-refractivity contribution in [1.82, 2.24) is 9.29 Å². The summed E-state index contributed by atoms with van der Waals surface area (Å²) < 4.78 is 27.8. The molecular formula is C25H26N4O4S. The maximum Gasteiger partial charge on any atom is 0.255 e. The minimum absolute atomic E-state index is 0.0720. The fraction of sp³-hybridized carbons (Fsp3) is 0.240. The molecule has 2 N–H and O–H groups in total. The molecule has 2 heterocycles. The van der Waals surface area contributed by atoms with Crippen LogP contribution in [0, 0.1) is 0 Å². The van der Waals surface area contributed by atoms with E-state index in [1.54, 1.807) is 60.9 Å². The zero-order valence-corrected chi connectivity index (χ0v) is 19.6. The molecule has 1 aliphatic heterocycles. The fourth-order valence-corrected chi connectivity index (χ4v) is 5.69. The Morgan fingerprint density at radius 2 is 1.53 bits per heavy atom. The summed E-state index contributed by atoms with van der Waals surface area (Å²) in [5.41, 5.74) is 1.61. The standard InChI is InChI=1S/C25H26N4O4S/c1-18-6-2-3-15-29(18)34(32,33)23-10-5-8-20(17-23)25(31)28-22-9-4-7-19(16-22)24(30)27-21-11-13-26-14-12-21/h4-5,7-14,16-18H,2-3,6,15H2,1H3,(H,28,31)(H,26,27,30). The lowest BCUT2D eigenvalue weighted by molar-refractivity contribution is 0.101. The smallest absolute Gasteiger partial charge is 0.255 e. The van der Waals surface area contributed by atoms with Crippen molar-refractivity contribution in [3.8, 4) is 0 Å². The highest BCUT2D eigenvalue weighted by Crippen LogP contribution is 2.26. The highest BCUT2D eigenvalue weighted by atomic mass is 32.2. The molecule has 1 aromatic heterocycles. The SMILES string of the molecule is CC1CCCCN1S(=O)(=O)c1cccc(C(=O)Nc2cccc(C(=O)Nc3ccncc3)c2)c1. The van der Waals surface area contributed by atoms with E-state index >= 15 is 0 Å². The van der Waals surface area contributed by atoms with Gasteiger partial charge in [0.25, 0.3) is 11.8 Å². The van der Waals surface area contributed by atoms with Crippen molar-refractivity contribution in [2.24, 2.45) is 0 Å². The Bertz CT molecular complexity index is 1300. The van der Waals surface area contributed by atoms with E-state index in [-0.39, 0.29) is 22.4 Å². The van der Waals surface area contributed by atoms with Crippen LogP contribution in [0.2, 0.25) is 0 Å². The molecule has 3 aromatic rings. The van der Waals surface area contributed by atoms with E-state index in [1.165, 1.54) is 16.4 Å². The van der Waals surface area contributed by atoms with Crippen LogP contribution in [-0.4, -0.2) is 42.1 Å². The van der Waals surface area contributed by atoms with E-state index in [2.05, 4.69) is 15.6 Å². The molecule has 9 heteroatoms. The number of amides is 2. The van der Waals surface area contributed by atoms with Crippen LogP contribution in [0.25, 0.3) is 0 Å². The number of piperidine rings is 1. The van der Waals surface area contributed by atoms with Crippen LogP contribution in [0.1, 0.15) is 46.9 Å². The van der Waals surface area contributed by atoms with Crippen LogP contribution < -0.4 is 10.6 Å². The summed E-state index contributed by atoms with van der Waals surface area (Å²) in [7, 11) is -3.69. The molecule has 1 saturated heterocycles. The van der Waals surface area contributed by atoms with E-state index < -0.39 is 15.9 Å². The largest absolute Gasteiger partial charge is 0.322 e. The molecule has 0 aliphatic carbocycles. The highest BCUT2D eigenvalue weighted by molar-refractivity contribution is 7.89. The first kappa shape index (κ1) is 23.6. The lowest BCUT2D eigenvalue weighted by atomic mass is 10.1. The van der Waals surface area contributed by atoms with Crippen LogP contribution in [-0.2, 0) is 10.0 Å². The normalized spacial score (nSPS) is 16.6. The number of pyridine rings is 1. The van der Waals surface area contributed by atoms with Gasteiger partial charge in [0.1, 0.15) is 0 Å². The molecule has 0 spiro atoms. The molecule has 2 amide bonds. The number of anilines is 2. The molecule has 0 bridgehead atoms. The predicted molar refractivity (Wildman–Crippen MR) is 130 cm³/mol. The van der Waals surface area contributed by atoms with Crippen LogP contribution in [0.3, 0.4) is 0 Å². The number of sulfonamides is 1. The monoisotopic (exact) mass is 478 g/mol. The van der Waals surface area contributed by atoms with Crippen LogP contribution in [0.4, 0.5) is 11.4 Å². The molecule has 0 saturated carbocycles. The molecule has 34 heavy (non-hydrogen) atoms. The minimum Gasteiger partial charge on any atom is -0.322 e. The average Bonchev–Trinajstić information content (AvgIpc) is 2.85. The van der Waals surface area contributed by atoms with Crippen LogP contribution in [0.15, 0.2) is 78.0 Å². The number of hydrogen-bond donors (Lipinski definition) is 2. The Morgan fingerprint density at radius 3 is 2.24 bits per heavy atom. The van der Waals surface area contributed by atoms with Crippen molar-refractivity contribution in [3.63, 3.8) is 0 Å². The third-order valence-electron chi connectivity index (χ3n) is 5.77. The molecule has 8 nitrogen and oxygen atoms in total. The van der Waals surface area contributed by atoms with Crippen molar-refractivity contribution in [2.75, 3.05) is 17.2 Å². The van der Waals surface area contributed by atoms with Gasteiger partial charge in [-0.05, 0) is 68.3 Å². The number of carbonyl (C=O) groups excluding carboxylic acids is 2. The number of nitrogens with one attached hydrogen (secondary N) is 2. The van der Waals surface area contributed by atoms with Crippen molar-refractivity contribution < 1.29 is 18.0 Å². The summed E-state index contributed by atoms with van der Waals surface area (Å²) in [6, 6.07) is 15.8. The first-order valence-electron chi connectivity index (χ1n) is 11.1. The maximum absolute atomic E-state index is 13.1. The van der Waals surface area contributed by atoms with Gasteiger partial charge in [-0.2, -0.15) is 4.31 Å². The van der Waals surface area contributed by atoms with E-state index in [1.807, 2.05) is 6.92 Å². The van der Waals surface area contributed by atoms with Gasteiger partial charge in [0.2, 0.25) is 10.0 Å². The first-order valence-corrected chi connectivity index (χ1v) is 12.5. The van der Waals surface area contributed by atoms with E-state index in [0.717, 1.165) is 19.3 Å². The molecule has 176 valence electrons. The number of aromatic nitrogens is 1. The van der Waals surface area contributed by atoms with Crippen molar-refractivity contribution in [2.45, 2.75) is 37.1 Å². The Morgan fingerprint density at radius 1 is 0.882 bits per heavy atom. The van der Waals surface area contributed by atoms with E-state index in [4.69, 9.17) is 0 Å². The van der Waals surface area contributed by atoms with E-state index in [0.29, 0.717) is 23.5 Å². The maximum atomic E-state index is 13.1. The molecule has 1 unspecified atom stereocenters. The van der Waals surface area contributed by atoms with Gasteiger partial charge in [-0.15, -0.1) is 0 Å². The zero-order valence-electron chi connectivity index (χ0n) is 18.8. The lowest BCUT2D eigenvalue weighted by Gasteiger charge is -2.32. The summed E-state index contributed by atoms with van der Waals surface area (Å²) in [5.74, 6) is -0.790. The van der Waals surface area contributed by atoms with Crippen molar-refractivity contribution in [3.05, 3.63) is 84.2 Å². The van der Waals surface area contributed by atoms with Crippen molar-refractivity contribution >= 4 is 33.2 Å². The summed E-state index contributed by atoms with van der Waals surface area (Å²) in [5, 5.41) is 5.51. The number of hydrogen-bond acceptors (Lipinski definition) is 5. The van der Waals surface area contributed by atoms with Gasteiger partial charge in [0, 0.05) is 47.5 Å². The summed E-state index contributed by atoms with van der Waals surface area (Å²) >= 11 is 0. The summed E-state index contributed by atoms with van der Waals surface area (Å²) in [6.45, 7) is 2.39. The van der Waals surface area contributed by atoms with Gasteiger partial charge in [-0.1, -0.05) is 18.6 Å². The molecule has 1 atom stereocenters. The Hall–Kier alpha value is -3.56. The highest BCUT2D eigenvalue weighted by Gasteiger charge is 2.31. The van der Waals surface area contributed by atoms with Crippen LogP contribution in [0.5, 0.6) is 0 Å². The Labute approximate surface area is 199 Å². The quantitative estimate of drug-likeness (QED) is 0.553. The number of carbonyl (C=O) groups is 2. The molecule has 1 aliphatic rings. The molecule has 0 radical (unpaired) electrons. The number of rotatable bonds is 6. The lowest BCUT2D eigenvalue weighted by Crippen LogP contribution is -2.41. The van der Waals surface area contributed by atoms with Crippen LogP contribution >= 0.6 is 0 Å². The third-order valence-corrected chi connectivity index (χ3v) is 7.78. The molecule has 2 aromatic carbocycles. The Kier molecular flexibility index (Phi) is 7.04. The predicted octanol–water partition coefficient (Wildman–Crippen LogP) is 4.15. The molecular weight excluding hydrogens is 452 g/mol. The van der Waals surface area contributed by atoms with Gasteiger partial charge in [0.05, 0.1) is 4.90 Å². The molecule has 4 rings (SSSR count). The van der Waals surface area contributed by atoms with Gasteiger partial charge < -0.3 is 10.6 Å². The number of nitrogens with zero attached hydrogens (tertiary/aromatic N) is 2. The zero-order chi connectivity index (χ0) is 24.1. The second-order valence-corrected chi connectivity index (χ2v) is 10.1. The first-order chi connectivity index (χ1) is 16.3. The second-order valence-electron chi connectivity index (χ2n) is 8.21. The third kappa shape index (κ3) is 5.32. The van der Waals surface area contributed by atoms with Gasteiger partial charge >= 0.3 is 0 Å². The number of benzene rings is 2. The second kappa shape index (κ2) is 10.1. The van der Waals surface area contributed by atoms with Crippen molar-refractivity contribution in [1.29, 1.82) is 0 Å². The average molecular weight is 479 g/mol. The fourth-order valence-electron chi connectivity index (χ4n) is 3.94. The molecule has 1 fully saturated rings. The van der Waals surface area contributed by atoms with Gasteiger partial charge in [-0.25, -0.2) is 8.42 Å².